The molecule has 28 heavy (non-hydrogen) atoms. The first kappa shape index (κ1) is 20.4. The zero-order chi connectivity index (χ0) is 18.8. The second-order valence-electron chi connectivity index (χ2n) is 6.20. The van der Waals surface area contributed by atoms with Crippen molar-refractivity contribution < 1.29 is 13.9 Å². The first-order chi connectivity index (χ1) is 13.2. The molecule has 1 atom stereocenters. The summed E-state index contributed by atoms with van der Waals surface area (Å²) in [5, 5.41) is 6.99. The van der Waals surface area contributed by atoms with Gasteiger partial charge in [0.2, 0.25) is 0 Å². The first-order valence-electron chi connectivity index (χ1n) is 8.57. The number of nitrogens with one attached hydrogen (secondary N) is 2. The number of nitrogens with zero attached hydrogens (tertiary/aromatic N) is 2. The van der Waals surface area contributed by atoms with Gasteiger partial charge in [-0.25, -0.2) is 14.4 Å². The maximum Gasteiger partial charge on any atom is 0.165 e. The lowest BCUT2D eigenvalue weighted by Crippen LogP contribution is -2.19. The largest absolute Gasteiger partial charge is 0.493 e. The average molecular weight is 425 g/mol. The van der Waals surface area contributed by atoms with E-state index in [1.165, 1.54) is 12.4 Å². The normalized spacial score (nSPS) is 15.9. The van der Waals surface area contributed by atoms with Gasteiger partial charge in [-0.05, 0) is 31.2 Å². The molecule has 0 spiro atoms. The lowest BCUT2D eigenvalue weighted by atomic mass is 10.2. The Kier molecular flexibility index (Phi) is 6.39. The van der Waals surface area contributed by atoms with Gasteiger partial charge in [0.15, 0.2) is 17.3 Å². The van der Waals surface area contributed by atoms with Crippen LogP contribution in [0.3, 0.4) is 0 Å². The van der Waals surface area contributed by atoms with E-state index in [4.69, 9.17) is 21.1 Å². The van der Waals surface area contributed by atoms with Gasteiger partial charge in [-0.15, -0.1) is 12.4 Å². The van der Waals surface area contributed by atoms with Gasteiger partial charge in [0.05, 0.1) is 23.3 Å². The highest BCUT2D eigenvalue weighted by Gasteiger charge is 2.20. The Morgan fingerprint density at radius 1 is 1.25 bits per heavy atom. The Hall–Kier alpha value is -2.35. The van der Waals surface area contributed by atoms with E-state index in [1.807, 2.05) is 6.07 Å². The van der Waals surface area contributed by atoms with Gasteiger partial charge in [-0.1, -0.05) is 17.7 Å². The van der Waals surface area contributed by atoms with Crippen LogP contribution in [0.5, 0.6) is 11.5 Å². The minimum absolute atomic E-state index is 0. The SMILES string of the molecule is COc1cc2ncnc(Nc3cccc(Cl)c3F)c2cc1O[C@H]1CCNC1.Cl. The van der Waals surface area contributed by atoms with Crippen LogP contribution in [-0.4, -0.2) is 36.3 Å². The van der Waals surface area contributed by atoms with Crippen LogP contribution in [-0.2, 0) is 0 Å². The van der Waals surface area contributed by atoms with E-state index >= 15 is 0 Å². The number of ether oxygens (including phenoxy) is 2. The molecule has 0 aliphatic carbocycles. The summed E-state index contributed by atoms with van der Waals surface area (Å²) in [6, 6.07) is 8.36. The molecular weight excluding hydrogens is 406 g/mol. The smallest absolute Gasteiger partial charge is 0.165 e. The molecule has 2 N–H and O–H groups in total. The summed E-state index contributed by atoms with van der Waals surface area (Å²) >= 11 is 5.87. The molecule has 2 heterocycles. The zero-order valence-corrected chi connectivity index (χ0v) is 16.6. The molecule has 1 aliphatic rings. The van der Waals surface area contributed by atoms with E-state index in [1.54, 1.807) is 25.3 Å². The summed E-state index contributed by atoms with van der Waals surface area (Å²) in [6.07, 6.45) is 2.40. The van der Waals surface area contributed by atoms with E-state index in [-0.39, 0.29) is 29.2 Å². The molecule has 0 unspecified atom stereocenters. The van der Waals surface area contributed by atoms with Gasteiger partial charge in [0, 0.05) is 18.0 Å². The van der Waals surface area contributed by atoms with Crippen molar-refractivity contribution in [1.29, 1.82) is 0 Å². The molecule has 9 heteroatoms. The predicted octanol–water partition coefficient (Wildman–Crippen LogP) is 4.34. The van der Waals surface area contributed by atoms with Gasteiger partial charge in [0.25, 0.3) is 0 Å². The quantitative estimate of drug-likeness (QED) is 0.634. The van der Waals surface area contributed by atoms with Crippen molar-refractivity contribution >= 4 is 46.4 Å². The Labute approximate surface area is 172 Å². The van der Waals surface area contributed by atoms with Gasteiger partial charge < -0.3 is 20.1 Å². The summed E-state index contributed by atoms with van der Waals surface area (Å²) < 4.78 is 25.8. The van der Waals surface area contributed by atoms with E-state index in [0.29, 0.717) is 28.2 Å². The highest BCUT2D eigenvalue weighted by Crippen LogP contribution is 2.36. The fourth-order valence-corrected chi connectivity index (χ4v) is 3.23. The molecular formula is C19H19Cl2FN4O2. The summed E-state index contributed by atoms with van der Waals surface area (Å²) in [5.74, 6) is 1.11. The second-order valence-corrected chi connectivity index (χ2v) is 6.61. The summed E-state index contributed by atoms with van der Waals surface area (Å²) in [4.78, 5) is 8.55. The Balaban J connectivity index is 0.00000225. The van der Waals surface area contributed by atoms with Crippen LogP contribution in [0.15, 0.2) is 36.7 Å². The van der Waals surface area contributed by atoms with Gasteiger partial charge >= 0.3 is 0 Å². The molecule has 1 saturated heterocycles. The van der Waals surface area contributed by atoms with E-state index in [2.05, 4.69) is 20.6 Å². The average Bonchev–Trinajstić information content (AvgIpc) is 3.18. The number of halogens is 3. The lowest BCUT2D eigenvalue weighted by molar-refractivity contribution is 0.213. The number of anilines is 2. The van der Waals surface area contributed by atoms with Crippen LogP contribution in [0, 0.1) is 5.82 Å². The monoisotopic (exact) mass is 424 g/mol. The van der Waals surface area contributed by atoms with Crippen LogP contribution < -0.4 is 20.1 Å². The van der Waals surface area contributed by atoms with Gasteiger partial charge in [-0.2, -0.15) is 0 Å². The minimum atomic E-state index is -0.534. The maximum absolute atomic E-state index is 14.3. The van der Waals surface area contributed by atoms with Crippen molar-refractivity contribution in [1.82, 2.24) is 15.3 Å². The van der Waals surface area contributed by atoms with Crippen molar-refractivity contribution in [2.24, 2.45) is 0 Å². The topological polar surface area (TPSA) is 68.3 Å². The highest BCUT2D eigenvalue weighted by atomic mass is 35.5. The highest BCUT2D eigenvalue weighted by molar-refractivity contribution is 6.31. The summed E-state index contributed by atoms with van der Waals surface area (Å²) in [5.41, 5.74) is 0.893. The van der Waals surface area contributed by atoms with Crippen molar-refractivity contribution in [3.8, 4) is 11.5 Å². The Morgan fingerprint density at radius 3 is 2.86 bits per heavy atom. The fraction of sp³-hybridized carbons (Fsp3) is 0.263. The molecule has 1 fully saturated rings. The van der Waals surface area contributed by atoms with Gasteiger partial charge in [0.1, 0.15) is 18.2 Å². The van der Waals surface area contributed by atoms with Crippen molar-refractivity contribution in [3.63, 3.8) is 0 Å². The van der Waals surface area contributed by atoms with Crippen molar-refractivity contribution in [2.75, 3.05) is 25.5 Å². The lowest BCUT2D eigenvalue weighted by Gasteiger charge is -2.17. The molecule has 0 amide bonds. The van der Waals surface area contributed by atoms with Crippen molar-refractivity contribution in [3.05, 3.63) is 47.5 Å². The van der Waals surface area contributed by atoms with Crippen molar-refractivity contribution in [2.45, 2.75) is 12.5 Å². The van der Waals surface area contributed by atoms with E-state index < -0.39 is 5.82 Å². The number of rotatable bonds is 5. The minimum Gasteiger partial charge on any atom is -0.493 e. The van der Waals surface area contributed by atoms with Crippen LogP contribution in [0.1, 0.15) is 6.42 Å². The Morgan fingerprint density at radius 2 is 2.11 bits per heavy atom. The number of aromatic nitrogens is 2. The number of benzene rings is 2. The molecule has 0 radical (unpaired) electrons. The predicted molar refractivity (Wildman–Crippen MR) is 110 cm³/mol. The molecule has 6 nitrogen and oxygen atoms in total. The molecule has 1 aliphatic heterocycles. The molecule has 3 aromatic rings. The standard InChI is InChI=1S/C19H18ClFN4O2.ClH/c1-26-16-8-15-12(7-17(16)27-11-5-6-22-9-11)19(24-10-23-15)25-14-4-2-3-13(20)18(14)21;/h2-4,7-8,10-11,22H,5-6,9H2,1H3,(H,23,24,25);1H/t11-;/m0./s1. The second kappa shape index (κ2) is 8.77. The van der Waals surface area contributed by atoms with Crippen LogP contribution >= 0.6 is 24.0 Å². The molecule has 148 valence electrons. The van der Waals surface area contributed by atoms with E-state index in [0.717, 1.165) is 19.5 Å². The Bertz CT molecular complexity index is 984. The van der Waals surface area contributed by atoms with E-state index in [9.17, 15) is 4.39 Å². The molecule has 4 rings (SSSR count). The first-order valence-corrected chi connectivity index (χ1v) is 8.94. The molecule has 1 aromatic heterocycles. The maximum atomic E-state index is 14.3. The van der Waals surface area contributed by atoms with Crippen LogP contribution in [0.2, 0.25) is 5.02 Å². The van der Waals surface area contributed by atoms with Crippen LogP contribution in [0.4, 0.5) is 15.9 Å². The number of fused-ring (bicyclic) bond motifs is 1. The van der Waals surface area contributed by atoms with Crippen LogP contribution in [0.25, 0.3) is 10.9 Å². The third-order valence-electron chi connectivity index (χ3n) is 4.43. The zero-order valence-electron chi connectivity index (χ0n) is 15.0. The molecule has 0 bridgehead atoms. The summed E-state index contributed by atoms with van der Waals surface area (Å²) in [6.45, 7) is 1.70. The van der Waals surface area contributed by atoms with Gasteiger partial charge in [-0.3, -0.25) is 0 Å². The number of hydrogen-bond acceptors (Lipinski definition) is 6. The molecule has 0 saturated carbocycles. The summed E-state index contributed by atoms with van der Waals surface area (Å²) in [7, 11) is 1.59. The fourth-order valence-electron chi connectivity index (χ4n) is 3.05. The molecule has 2 aromatic carbocycles. The number of methoxy groups -OCH3 is 1. The third kappa shape index (κ3) is 4.06. The third-order valence-corrected chi connectivity index (χ3v) is 4.73. The number of hydrogen-bond donors (Lipinski definition) is 2.